The molecule has 1 amide bonds. The largest absolute Gasteiger partial charge is 0.488 e. The van der Waals surface area contributed by atoms with Crippen molar-refractivity contribution in [3.8, 4) is 5.75 Å². The van der Waals surface area contributed by atoms with Crippen molar-refractivity contribution in [1.29, 1.82) is 0 Å². The molecule has 0 fully saturated rings. The number of nitrogens with zero attached hydrogens (tertiary/aromatic N) is 2. The summed E-state index contributed by atoms with van der Waals surface area (Å²) in [6.07, 6.45) is 3.52. The first-order valence-corrected chi connectivity index (χ1v) is 6.32. The van der Waals surface area contributed by atoms with E-state index < -0.39 is 0 Å². The highest BCUT2D eigenvalue weighted by Gasteiger charge is 2.23. The van der Waals surface area contributed by atoms with E-state index in [1.165, 1.54) is 12.4 Å². The topological polar surface area (TPSA) is 90.1 Å². The van der Waals surface area contributed by atoms with Crippen molar-refractivity contribution < 1.29 is 9.53 Å². The first-order chi connectivity index (χ1) is 9.72. The quantitative estimate of drug-likeness (QED) is 0.860. The van der Waals surface area contributed by atoms with Gasteiger partial charge in [0.2, 0.25) is 0 Å². The van der Waals surface area contributed by atoms with Gasteiger partial charge in [0.1, 0.15) is 23.4 Å². The molecule has 0 bridgehead atoms. The van der Waals surface area contributed by atoms with Crippen LogP contribution in [0.4, 0.5) is 5.82 Å². The lowest BCUT2D eigenvalue weighted by Gasteiger charge is -2.11. The molecular weight excluding hydrogens is 256 g/mol. The molecule has 0 saturated heterocycles. The van der Waals surface area contributed by atoms with Gasteiger partial charge in [0.05, 0.1) is 18.9 Å². The van der Waals surface area contributed by atoms with Gasteiger partial charge < -0.3 is 15.8 Å². The smallest absolute Gasteiger partial charge is 0.271 e. The molecule has 1 unspecified atom stereocenters. The molecule has 6 heteroatoms. The summed E-state index contributed by atoms with van der Waals surface area (Å²) in [7, 11) is 0. The summed E-state index contributed by atoms with van der Waals surface area (Å²) < 4.78 is 5.74. The van der Waals surface area contributed by atoms with Gasteiger partial charge in [-0.3, -0.25) is 9.78 Å². The monoisotopic (exact) mass is 270 g/mol. The fourth-order valence-corrected chi connectivity index (χ4v) is 2.16. The molecule has 0 aliphatic carbocycles. The van der Waals surface area contributed by atoms with Crippen LogP contribution in [0.2, 0.25) is 0 Å². The number of hydrogen-bond acceptors (Lipinski definition) is 5. The van der Waals surface area contributed by atoms with Crippen molar-refractivity contribution in [2.24, 2.45) is 0 Å². The minimum Gasteiger partial charge on any atom is -0.488 e. The molecule has 0 saturated carbocycles. The zero-order valence-electron chi connectivity index (χ0n) is 10.7. The number of para-hydroxylation sites is 1. The third kappa shape index (κ3) is 2.54. The van der Waals surface area contributed by atoms with Crippen LogP contribution in [0, 0.1) is 0 Å². The molecule has 0 radical (unpaired) electrons. The third-order valence-corrected chi connectivity index (χ3v) is 3.09. The number of nitrogens with two attached hydrogens (primary N) is 1. The van der Waals surface area contributed by atoms with Crippen molar-refractivity contribution >= 4 is 11.7 Å². The molecule has 1 aliphatic rings. The van der Waals surface area contributed by atoms with Crippen LogP contribution in [0.15, 0.2) is 36.7 Å². The maximum absolute atomic E-state index is 11.9. The molecule has 1 atom stereocenters. The highest BCUT2D eigenvalue weighted by atomic mass is 16.5. The van der Waals surface area contributed by atoms with E-state index in [0.29, 0.717) is 6.54 Å². The zero-order chi connectivity index (χ0) is 13.9. The average Bonchev–Trinajstić information content (AvgIpc) is 2.87. The second-order valence-electron chi connectivity index (χ2n) is 4.59. The SMILES string of the molecule is Nc1cncc(C(=O)NCC2Cc3ccccc3O2)n1. The number of nitrogen functional groups attached to an aromatic ring is 1. The minimum absolute atomic E-state index is 0.0506. The van der Waals surface area contributed by atoms with Crippen LogP contribution in [0.3, 0.4) is 0 Å². The van der Waals surface area contributed by atoms with E-state index in [0.717, 1.165) is 17.7 Å². The summed E-state index contributed by atoms with van der Waals surface area (Å²) in [5, 5.41) is 2.78. The molecule has 3 N–H and O–H groups in total. The van der Waals surface area contributed by atoms with Crippen LogP contribution in [-0.2, 0) is 6.42 Å². The van der Waals surface area contributed by atoms with E-state index in [-0.39, 0.29) is 23.5 Å². The fraction of sp³-hybridized carbons (Fsp3) is 0.214. The molecule has 1 aliphatic heterocycles. The second-order valence-corrected chi connectivity index (χ2v) is 4.59. The van der Waals surface area contributed by atoms with Gasteiger partial charge >= 0.3 is 0 Å². The van der Waals surface area contributed by atoms with Crippen molar-refractivity contribution in [2.75, 3.05) is 12.3 Å². The van der Waals surface area contributed by atoms with E-state index in [9.17, 15) is 4.79 Å². The molecule has 3 rings (SSSR count). The van der Waals surface area contributed by atoms with Gasteiger partial charge in [0.25, 0.3) is 5.91 Å². The van der Waals surface area contributed by atoms with Gasteiger partial charge in [0.15, 0.2) is 0 Å². The van der Waals surface area contributed by atoms with E-state index in [2.05, 4.69) is 15.3 Å². The number of fused-ring (bicyclic) bond motifs is 1. The highest BCUT2D eigenvalue weighted by Crippen LogP contribution is 2.27. The lowest BCUT2D eigenvalue weighted by atomic mass is 10.1. The number of benzene rings is 1. The maximum Gasteiger partial charge on any atom is 0.271 e. The molecule has 0 spiro atoms. The Bertz CT molecular complexity index is 620. The Labute approximate surface area is 116 Å². The number of hydrogen-bond donors (Lipinski definition) is 2. The molecule has 2 aromatic rings. The van der Waals surface area contributed by atoms with Crippen LogP contribution in [-0.4, -0.2) is 28.5 Å². The lowest BCUT2D eigenvalue weighted by molar-refractivity contribution is 0.0928. The van der Waals surface area contributed by atoms with Crippen molar-refractivity contribution in [3.05, 3.63) is 47.9 Å². The number of carbonyl (C=O) groups is 1. The van der Waals surface area contributed by atoms with Gasteiger partial charge in [-0.25, -0.2) is 4.98 Å². The normalized spacial score (nSPS) is 16.3. The van der Waals surface area contributed by atoms with Crippen LogP contribution in [0.1, 0.15) is 16.1 Å². The van der Waals surface area contributed by atoms with Crippen molar-refractivity contribution in [3.63, 3.8) is 0 Å². The van der Waals surface area contributed by atoms with Crippen molar-refractivity contribution in [1.82, 2.24) is 15.3 Å². The number of ether oxygens (including phenoxy) is 1. The zero-order valence-corrected chi connectivity index (χ0v) is 10.7. The van der Waals surface area contributed by atoms with Crippen LogP contribution >= 0.6 is 0 Å². The number of aromatic nitrogens is 2. The molecule has 6 nitrogen and oxygen atoms in total. The Kier molecular flexibility index (Phi) is 3.20. The van der Waals surface area contributed by atoms with Crippen molar-refractivity contribution in [2.45, 2.75) is 12.5 Å². The Morgan fingerprint density at radius 2 is 2.25 bits per heavy atom. The molecule has 1 aromatic carbocycles. The minimum atomic E-state index is -0.302. The van der Waals surface area contributed by atoms with E-state index >= 15 is 0 Å². The molecule has 2 heterocycles. The summed E-state index contributed by atoms with van der Waals surface area (Å²) in [5.41, 5.74) is 6.87. The van der Waals surface area contributed by atoms with Gasteiger partial charge in [-0.15, -0.1) is 0 Å². The summed E-state index contributed by atoms with van der Waals surface area (Å²) in [6, 6.07) is 7.87. The highest BCUT2D eigenvalue weighted by molar-refractivity contribution is 5.92. The maximum atomic E-state index is 11.9. The Morgan fingerprint density at radius 3 is 3.05 bits per heavy atom. The van der Waals surface area contributed by atoms with Crippen LogP contribution in [0.5, 0.6) is 5.75 Å². The summed E-state index contributed by atoms with van der Waals surface area (Å²) >= 11 is 0. The first kappa shape index (κ1) is 12.4. The van der Waals surface area contributed by atoms with E-state index in [1.54, 1.807) is 0 Å². The lowest BCUT2D eigenvalue weighted by Crippen LogP contribution is -2.35. The molecular formula is C14H14N4O2. The predicted octanol–water partition coefficient (Wildman–Crippen LogP) is 0.792. The third-order valence-electron chi connectivity index (χ3n) is 3.09. The summed E-state index contributed by atoms with van der Waals surface area (Å²) in [6.45, 7) is 0.421. The summed E-state index contributed by atoms with van der Waals surface area (Å²) in [4.78, 5) is 19.7. The Hall–Kier alpha value is -2.63. The van der Waals surface area contributed by atoms with Gasteiger partial charge in [-0.05, 0) is 11.6 Å². The van der Waals surface area contributed by atoms with Gasteiger partial charge in [-0.1, -0.05) is 18.2 Å². The van der Waals surface area contributed by atoms with Gasteiger partial charge in [-0.2, -0.15) is 0 Å². The Balaban J connectivity index is 1.58. The van der Waals surface area contributed by atoms with Gasteiger partial charge in [0, 0.05) is 6.42 Å². The first-order valence-electron chi connectivity index (χ1n) is 6.32. The van der Waals surface area contributed by atoms with E-state index in [1.807, 2.05) is 24.3 Å². The molecule has 20 heavy (non-hydrogen) atoms. The fourth-order valence-electron chi connectivity index (χ4n) is 2.16. The van der Waals surface area contributed by atoms with Crippen LogP contribution in [0.25, 0.3) is 0 Å². The molecule has 1 aromatic heterocycles. The average molecular weight is 270 g/mol. The number of anilines is 1. The van der Waals surface area contributed by atoms with E-state index in [4.69, 9.17) is 10.5 Å². The number of rotatable bonds is 3. The predicted molar refractivity (Wildman–Crippen MR) is 73.3 cm³/mol. The number of amides is 1. The number of carbonyl (C=O) groups excluding carboxylic acids is 1. The standard InChI is InChI=1S/C14H14N4O2/c15-13-8-16-7-11(18-13)14(19)17-6-10-5-9-3-1-2-4-12(9)20-10/h1-4,7-8,10H,5-6H2,(H2,15,18)(H,17,19). The number of nitrogens with one attached hydrogen (secondary N) is 1. The Morgan fingerprint density at radius 1 is 1.40 bits per heavy atom. The second kappa shape index (κ2) is 5.16. The molecule has 102 valence electrons. The van der Waals surface area contributed by atoms with Crippen LogP contribution < -0.4 is 15.8 Å². The summed E-state index contributed by atoms with van der Waals surface area (Å²) in [5.74, 6) is 0.807.